The number of amidine groups is 1. The van der Waals surface area contributed by atoms with Crippen LogP contribution in [0.3, 0.4) is 0 Å². The fourth-order valence-corrected chi connectivity index (χ4v) is 3.24. The molecule has 0 aromatic heterocycles. The zero-order valence-electron chi connectivity index (χ0n) is 16.7. The van der Waals surface area contributed by atoms with Crippen molar-refractivity contribution >= 4 is 23.3 Å². The second-order valence-electron chi connectivity index (χ2n) is 6.78. The molecule has 1 heterocycles. The molecular weight excluding hydrogens is 366 g/mol. The Labute approximate surface area is 170 Å². The Hall–Kier alpha value is -3.66. The van der Waals surface area contributed by atoms with Crippen molar-refractivity contribution in [1.82, 2.24) is 10.3 Å². The first kappa shape index (κ1) is 20.1. The number of amides is 2. The Morgan fingerprint density at radius 1 is 1.24 bits per heavy atom. The molecule has 7 heteroatoms. The van der Waals surface area contributed by atoms with Crippen molar-refractivity contribution < 1.29 is 9.59 Å². The smallest absolute Gasteiger partial charge is 0.291 e. The molecule has 29 heavy (non-hydrogen) atoms. The van der Waals surface area contributed by atoms with Gasteiger partial charge in [-0.2, -0.15) is 5.26 Å². The number of carbonyl (C=O) groups excluding carboxylic acids is 2. The van der Waals surface area contributed by atoms with Crippen LogP contribution in [0, 0.1) is 11.3 Å². The van der Waals surface area contributed by atoms with Crippen LogP contribution < -0.4 is 10.4 Å². The maximum absolute atomic E-state index is 13.2. The number of aliphatic imine (C=N–C) groups is 1. The first-order chi connectivity index (χ1) is 14.0. The number of para-hydroxylation sites is 1. The van der Waals surface area contributed by atoms with Crippen molar-refractivity contribution in [3.05, 3.63) is 65.7 Å². The standard InChI is InChI=1S/C22H23N5O2/c1-4-26(16(3)18-12-10-17(14-23)11-13-18)22(29)20-24-15(2)21(28)27(25-20)19-8-6-5-7-9-19/h5-13,15-16H,4H2,1-3H3,(H,24,25). The maximum Gasteiger partial charge on any atom is 0.291 e. The summed E-state index contributed by atoms with van der Waals surface area (Å²) in [5.41, 5.74) is 5.02. The number of carbonyl (C=O) groups is 2. The molecule has 3 rings (SSSR count). The lowest BCUT2D eigenvalue weighted by atomic mass is 10.0. The summed E-state index contributed by atoms with van der Waals surface area (Å²) in [6, 6.07) is 17.5. The predicted molar refractivity (Wildman–Crippen MR) is 111 cm³/mol. The van der Waals surface area contributed by atoms with Gasteiger partial charge in [-0.1, -0.05) is 30.3 Å². The van der Waals surface area contributed by atoms with Crippen LogP contribution in [0.5, 0.6) is 0 Å². The lowest BCUT2D eigenvalue weighted by Gasteiger charge is -2.34. The number of likely N-dealkylation sites (N-methyl/N-ethyl adjacent to an activating group) is 1. The van der Waals surface area contributed by atoms with Crippen molar-refractivity contribution in [3.63, 3.8) is 0 Å². The molecule has 0 spiro atoms. The number of nitrogens with zero attached hydrogens (tertiary/aromatic N) is 4. The summed E-state index contributed by atoms with van der Waals surface area (Å²) >= 11 is 0. The summed E-state index contributed by atoms with van der Waals surface area (Å²) in [6.07, 6.45) is 0. The molecule has 0 radical (unpaired) electrons. The van der Waals surface area contributed by atoms with Crippen LogP contribution in [0.2, 0.25) is 0 Å². The zero-order chi connectivity index (χ0) is 21.0. The van der Waals surface area contributed by atoms with Crippen molar-refractivity contribution in [3.8, 4) is 6.07 Å². The highest BCUT2D eigenvalue weighted by Gasteiger charge is 2.33. The first-order valence-electron chi connectivity index (χ1n) is 9.50. The van der Waals surface area contributed by atoms with Gasteiger partial charge in [-0.25, -0.2) is 10.0 Å². The van der Waals surface area contributed by atoms with E-state index in [0.29, 0.717) is 17.8 Å². The minimum Gasteiger partial charge on any atom is -0.329 e. The van der Waals surface area contributed by atoms with Crippen LogP contribution in [0.15, 0.2) is 59.6 Å². The summed E-state index contributed by atoms with van der Waals surface area (Å²) in [4.78, 5) is 31.8. The lowest BCUT2D eigenvalue weighted by molar-refractivity contribution is -0.126. The number of rotatable bonds is 5. The van der Waals surface area contributed by atoms with Gasteiger partial charge in [0, 0.05) is 6.54 Å². The van der Waals surface area contributed by atoms with Crippen LogP contribution in [0.4, 0.5) is 5.69 Å². The molecule has 1 aliphatic rings. The maximum atomic E-state index is 13.2. The van der Waals surface area contributed by atoms with E-state index in [0.717, 1.165) is 5.56 Å². The van der Waals surface area contributed by atoms with Gasteiger partial charge in [0.1, 0.15) is 6.04 Å². The molecule has 148 valence electrons. The minimum atomic E-state index is -0.667. The summed E-state index contributed by atoms with van der Waals surface area (Å²) in [5, 5.41) is 10.3. The molecule has 0 saturated heterocycles. The molecule has 1 N–H and O–H groups in total. The van der Waals surface area contributed by atoms with Crippen LogP contribution in [-0.2, 0) is 9.59 Å². The number of hydrogen-bond donors (Lipinski definition) is 1. The van der Waals surface area contributed by atoms with E-state index in [1.54, 1.807) is 36.1 Å². The third kappa shape index (κ3) is 4.11. The lowest BCUT2D eigenvalue weighted by Crippen LogP contribution is -2.58. The van der Waals surface area contributed by atoms with E-state index in [1.165, 1.54) is 5.01 Å². The van der Waals surface area contributed by atoms with Crippen molar-refractivity contribution in [2.45, 2.75) is 32.9 Å². The number of anilines is 1. The van der Waals surface area contributed by atoms with E-state index in [1.807, 2.05) is 44.2 Å². The third-order valence-electron chi connectivity index (χ3n) is 4.93. The van der Waals surface area contributed by atoms with Crippen molar-refractivity contribution in [2.24, 2.45) is 4.99 Å². The molecule has 7 nitrogen and oxygen atoms in total. The van der Waals surface area contributed by atoms with E-state index < -0.39 is 6.04 Å². The van der Waals surface area contributed by atoms with Gasteiger partial charge >= 0.3 is 0 Å². The number of hydrazine groups is 1. The fraction of sp³-hybridized carbons (Fsp3) is 0.273. The highest BCUT2D eigenvalue weighted by molar-refractivity contribution is 6.39. The highest BCUT2D eigenvalue weighted by atomic mass is 16.2. The summed E-state index contributed by atoms with van der Waals surface area (Å²) in [6.45, 7) is 5.96. The second-order valence-corrected chi connectivity index (χ2v) is 6.78. The Kier molecular flexibility index (Phi) is 5.93. The molecule has 0 fully saturated rings. The first-order valence-corrected chi connectivity index (χ1v) is 9.50. The van der Waals surface area contributed by atoms with E-state index in [9.17, 15) is 9.59 Å². The normalized spacial score (nSPS) is 17.0. The average molecular weight is 389 g/mol. The number of hydrogen-bond acceptors (Lipinski definition) is 5. The van der Waals surface area contributed by atoms with Gasteiger partial charge in [0.25, 0.3) is 11.8 Å². The fourth-order valence-electron chi connectivity index (χ4n) is 3.24. The molecule has 0 bridgehead atoms. The summed E-state index contributed by atoms with van der Waals surface area (Å²) in [5.74, 6) is -0.385. The van der Waals surface area contributed by atoms with Gasteiger partial charge in [-0.15, -0.1) is 0 Å². The Morgan fingerprint density at radius 3 is 2.48 bits per heavy atom. The van der Waals surface area contributed by atoms with Gasteiger partial charge in [-0.05, 0) is 50.6 Å². The molecule has 2 atom stereocenters. The average Bonchev–Trinajstić information content (AvgIpc) is 2.76. The molecule has 1 aliphatic heterocycles. The summed E-state index contributed by atoms with van der Waals surface area (Å²) in [7, 11) is 0. The van der Waals surface area contributed by atoms with Gasteiger partial charge in [-0.3, -0.25) is 15.0 Å². The summed E-state index contributed by atoms with van der Waals surface area (Å²) < 4.78 is 0. The van der Waals surface area contributed by atoms with Gasteiger partial charge in [0.15, 0.2) is 0 Å². The molecule has 2 aromatic rings. The van der Waals surface area contributed by atoms with Gasteiger partial charge in [0.2, 0.25) is 5.84 Å². The van der Waals surface area contributed by atoms with Crippen LogP contribution >= 0.6 is 0 Å². The van der Waals surface area contributed by atoms with E-state index in [2.05, 4.69) is 16.5 Å². The van der Waals surface area contributed by atoms with Crippen LogP contribution in [0.1, 0.15) is 37.9 Å². The predicted octanol–water partition coefficient (Wildman–Crippen LogP) is 2.81. The zero-order valence-corrected chi connectivity index (χ0v) is 16.7. The molecule has 2 amide bonds. The number of nitriles is 1. The monoisotopic (exact) mass is 389 g/mol. The topological polar surface area (TPSA) is 88.8 Å². The SMILES string of the molecule is CCN(C(=O)C1=NC(C)C(=O)N(c2ccccc2)N1)C(C)c1ccc(C#N)cc1. The van der Waals surface area contributed by atoms with Crippen LogP contribution in [0.25, 0.3) is 0 Å². The van der Waals surface area contributed by atoms with Crippen LogP contribution in [-0.4, -0.2) is 35.1 Å². The molecule has 0 aliphatic carbocycles. The van der Waals surface area contributed by atoms with Gasteiger partial charge in [0.05, 0.1) is 23.4 Å². The molecular formula is C22H23N5O2. The molecule has 2 aromatic carbocycles. The van der Waals surface area contributed by atoms with E-state index in [4.69, 9.17) is 5.26 Å². The Balaban J connectivity index is 1.85. The van der Waals surface area contributed by atoms with Crippen molar-refractivity contribution in [1.29, 1.82) is 5.26 Å². The Morgan fingerprint density at radius 2 is 1.90 bits per heavy atom. The minimum absolute atomic E-state index is 0.128. The van der Waals surface area contributed by atoms with Crippen molar-refractivity contribution in [2.75, 3.05) is 11.6 Å². The number of nitrogens with one attached hydrogen (secondary N) is 1. The second kappa shape index (κ2) is 8.57. The largest absolute Gasteiger partial charge is 0.329 e. The van der Waals surface area contributed by atoms with E-state index >= 15 is 0 Å². The third-order valence-corrected chi connectivity index (χ3v) is 4.93. The highest BCUT2D eigenvalue weighted by Crippen LogP contribution is 2.22. The van der Waals surface area contributed by atoms with Gasteiger partial charge < -0.3 is 4.90 Å². The number of benzene rings is 2. The Bertz CT molecular complexity index is 963. The quantitative estimate of drug-likeness (QED) is 0.852. The van der Waals surface area contributed by atoms with E-state index in [-0.39, 0.29) is 23.7 Å². The molecule has 2 unspecified atom stereocenters. The molecule has 0 saturated carbocycles.